The fraction of sp³-hybridized carbons (Fsp3) is 0.357. The van der Waals surface area contributed by atoms with E-state index in [1.54, 1.807) is 29.4 Å². The molecule has 190 valence electrons. The summed E-state index contributed by atoms with van der Waals surface area (Å²) in [5.74, 6) is -0.548. The Kier molecular flexibility index (Phi) is 8.72. The van der Waals surface area contributed by atoms with Crippen LogP contribution in [0.15, 0.2) is 60.0 Å². The minimum Gasteiger partial charge on any atom is -0.491 e. The summed E-state index contributed by atoms with van der Waals surface area (Å²) in [4.78, 5) is 31.3. The van der Waals surface area contributed by atoms with E-state index in [2.05, 4.69) is 0 Å². The number of aryl methyl sites for hydroxylation is 1. The molecule has 1 atom stereocenters. The molecule has 0 fully saturated rings. The molecule has 1 aliphatic heterocycles. The van der Waals surface area contributed by atoms with Gasteiger partial charge >= 0.3 is 0 Å². The number of benzene rings is 2. The highest BCUT2D eigenvalue weighted by Crippen LogP contribution is 2.34. The van der Waals surface area contributed by atoms with E-state index in [0.717, 1.165) is 23.3 Å². The minimum absolute atomic E-state index is 0.0410. The normalized spacial score (nSPS) is 14.9. The van der Waals surface area contributed by atoms with Gasteiger partial charge in [0.15, 0.2) is 0 Å². The maximum absolute atomic E-state index is 14.4. The van der Waals surface area contributed by atoms with Crippen molar-refractivity contribution in [1.29, 1.82) is 0 Å². The Bertz CT molecular complexity index is 1180. The number of amides is 2. The molecule has 0 radical (unpaired) electrons. The van der Waals surface area contributed by atoms with E-state index in [4.69, 9.17) is 9.47 Å². The van der Waals surface area contributed by atoms with Crippen molar-refractivity contribution in [2.75, 3.05) is 40.0 Å². The fourth-order valence-electron chi connectivity index (χ4n) is 4.40. The number of carbonyl (C=O) groups excluding carboxylic acids is 2. The van der Waals surface area contributed by atoms with Crippen LogP contribution in [0.2, 0.25) is 0 Å². The summed E-state index contributed by atoms with van der Waals surface area (Å²) in [5, 5.41) is 2.04. The molecule has 2 aromatic carbocycles. The van der Waals surface area contributed by atoms with Gasteiger partial charge < -0.3 is 19.3 Å². The topological polar surface area (TPSA) is 59.1 Å². The fourth-order valence-corrected chi connectivity index (χ4v) is 5.32. The predicted molar refractivity (Wildman–Crippen MR) is 138 cm³/mol. The zero-order chi connectivity index (χ0) is 25.5. The van der Waals surface area contributed by atoms with Crippen molar-refractivity contribution in [3.63, 3.8) is 0 Å². The van der Waals surface area contributed by atoms with Crippen LogP contribution in [0.4, 0.5) is 4.39 Å². The number of halogens is 1. The molecule has 1 aliphatic rings. The summed E-state index contributed by atoms with van der Waals surface area (Å²) in [6.45, 7) is 3.44. The number of ether oxygens (including phenoxy) is 2. The predicted octanol–water partition coefficient (Wildman–Crippen LogP) is 4.88. The summed E-state index contributed by atoms with van der Waals surface area (Å²) in [6.07, 6.45) is 1.29. The molecule has 2 amide bonds. The Morgan fingerprint density at radius 1 is 1.14 bits per heavy atom. The smallest absolute Gasteiger partial charge is 0.257 e. The second-order valence-corrected chi connectivity index (χ2v) is 9.83. The van der Waals surface area contributed by atoms with E-state index in [-0.39, 0.29) is 30.6 Å². The monoisotopic (exact) mass is 510 g/mol. The third-order valence-electron chi connectivity index (χ3n) is 6.34. The first-order valence-electron chi connectivity index (χ1n) is 12.1. The summed E-state index contributed by atoms with van der Waals surface area (Å²) >= 11 is 1.68. The lowest BCUT2D eigenvalue weighted by Gasteiger charge is -2.37. The van der Waals surface area contributed by atoms with Crippen LogP contribution < -0.4 is 4.74 Å². The van der Waals surface area contributed by atoms with Crippen molar-refractivity contribution in [3.8, 4) is 5.75 Å². The molecule has 8 heteroatoms. The molecule has 0 bridgehead atoms. The Labute approximate surface area is 215 Å². The molecule has 0 saturated carbocycles. The highest BCUT2D eigenvalue weighted by Gasteiger charge is 2.34. The molecule has 3 aromatic rings. The van der Waals surface area contributed by atoms with Gasteiger partial charge in [0, 0.05) is 31.7 Å². The van der Waals surface area contributed by atoms with Gasteiger partial charge in [0.2, 0.25) is 5.91 Å². The third-order valence-corrected chi connectivity index (χ3v) is 7.33. The molecule has 1 aromatic heterocycles. The van der Waals surface area contributed by atoms with Gasteiger partial charge in [0.1, 0.15) is 24.7 Å². The van der Waals surface area contributed by atoms with Gasteiger partial charge in [-0.3, -0.25) is 9.59 Å². The maximum Gasteiger partial charge on any atom is 0.257 e. The van der Waals surface area contributed by atoms with E-state index in [1.165, 1.54) is 28.0 Å². The Balaban J connectivity index is 1.52. The summed E-state index contributed by atoms with van der Waals surface area (Å²) in [5.41, 5.74) is 2.18. The van der Waals surface area contributed by atoms with Crippen LogP contribution in [0.25, 0.3) is 0 Å². The highest BCUT2D eigenvalue weighted by molar-refractivity contribution is 7.10. The molecule has 0 spiro atoms. The van der Waals surface area contributed by atoms with Gasteiger partial charge in [-0.05, 0) is 61.0 Å². The number of hydrogen-bond donors (Lipinski definition) is 0. The molecule has 2 heterocycles. The Morgan fingerprint density at radius 2 is 1.92 bits per heavy atom. The van der Waals surface area contributed by atoms with E-state index in [9.17, 15) is 14.0 Å². The molecule has 0 saturated heterocycles. The van der Waals surface area contributed by atoms with Gasteiger partial charge in [-0.2, -0.15) is 0 Å². The molecule has 0 unspecified atom stereocenters. The van der Waals surface area contributed by atoms with Crippen molar-refractivity contribution < 1.29 is 23.5 Å². The number of fused-ring (bicyclic) bond motifs is 1. The number of hydrogen-bond acceptors (Lipinski definition) is 5. The van der Waals surface area contributed by atoms with Crippen LogP contribution in [0.1, 0.15) is 38.8 Å². The van der Waals surface area contributed by atoms with Gasteiger partial charge in [0.05, 0.1) is 11.6 Å². The molecule has 6 nitrogen and oxygen atoms in total. The first-order chi connectivity index (χ1) is 17.5. The van der Waals surface area contributed by atoms with Crippen LogP contribution >= 0.6 is 11.3 Å². The van der Waals surface area contributed by atoms with Crippen LogP contribution in [-0.4, -0.2) is 61.6 Å². The number of methoxy groups -OCH3 is 1. The molecular weight excluding hydrogens is 479 g/mol. The first-order valence-corrected chi connectivity index (χ1v) is 12.9. The number of rotatable bonds is 10. The quantitative estimate of drug-likeness (QED) is 0.365. The number of carbonyl (C=O) groups is 2. The van der Waals surface area contributed by atoms with Gasteiger partial charge in [-0.25, -0.2) is 4.39 Å². The van der Waals surface area contributed by atoms with Gasteiger partial charge in [-0.1, -0.05) is 29.8 Å². The highest BCUT2D eigenvalue weighted by atomic mass is 32.1. The lowest BCUT2D eigenvalue weighted by Crippen LogP contribution is -2.48. The average molecular weight is 511 g/mol. The largest absolute Gasteiger partial charge is 0.491 e. The van der Waals surface area contributed by atoms with Crippen molar-refractivity contribution in [2.24, 2.45) is 0 Å². The van der Waals surface area contributed by atoms with Crippen molar-refractivity contribution in [2.45, 2.75) is 25.8 Å². The molecular formula is C28H31FN2O4S. The Morgan fingerprint density at radius 3 is 2.67 bits per heavy atom. The summed E-state index contributed by atoms with van der Waals surface area (Å²) in [6, 6.07) is 15.5. The second-order valence-electron chi connectivity index (χ2n) is 8.83. The molecule has 0 aliphatic carbocycles. The van der Waals surface area contributed by atoms with Crippen LogP contribution in [0.3, 0.4) is 0 Å². The molecule has 36 heavy (non-hydrogen) atoms. The minimum atomic E-state index is -0.600. The van der Waals surface area contributed by atoms with E-state index >= 15 is 0 Å². The lowest BCUT2D eigenvalue weighted by atomic mass is 10.00. The Hall–Kier alpha value is -3.23. The van der Waals surface area contributed by atoms with Crippen LogP contribution in [-0.2, 0) is 16.0 Å². The zero-order valence-electron chi connectivity index (χ0n) is 20.6. The molecule has 0 N–H and O–H groups in total. The van der Waals surface area contributed by atoms with E-state index < -0.39 is 11.7 Å². The van der Waals surface area contributed by atoms with Gasteiger partial charge in [-0.15, -0.1) is 11.3 Å². The van der Waals surface area contributed by atoms with Gasteiger partial charge in [0.25, 0.3) is 5.91 Å². The van der Waals surface area contributed by atoms with E-state index in [1.807, 2.05) is 42.6 Å². The van der Waals surface area contributed by atoms with E-state index in [0.29, 0.717) is 26.2 Å². The number of thiophene rings is 1. The lowest BCUT2D eigenvalue weighted by molar-refractivity contribution is -0.135. The summed E-state index contributed by atoms with van der Waals surface area (Å²) in [7, 11) is 1.58. The standard InChI is InChI=1S/C28H31FN2O4S/c1-20-8-10-21(11-9-20)35-19-25-23-13-17-36-26(23)12-15-31(25)27(32)18-30(14-5-16-34-2)28(33)22-6-3-4-7-24(22)29/h3-4,6-11,13,17,25H,5,12,14-16,18-19H2,1-2H3/t25-/m1/s1. The van der Waals surface area contributed by atoms with Crippen molar-refractivity contribution in [3.05, 3.63) is 87.4 Å². The second kappa shape index (κ2) is 12.1. The van der Waals surface area contributed by atoms with Crippen LogP contribution in [0.5, 0.6) is 5.75 Å². The number of nitrogens with zero attached hydrogens (tertiary/aromatic N) is 2. The van der Waals surface area contributed by atoms with Crippen molar-refractivity contribution >= 4 is 23.2 Å². The zero-order valence-corrected chi connectivity index (χ0v) is 21.4. The first kappa shape index (κ1) is 25.9. The summed E-state index contributed by atoms with van der Waals surface area (Å²) < 4.78 is 25.6. The molecule has 4 rings (SSSR count). The van der Waals surface area contributed by atoms with Crippen molar-refractivity contribution in [1.82, 2.24) is 9.80 Å². The maximum atomic E-state index is 14.4. The SMILES string of the molecule is COCCCN(CC(=O)N1CCc2sccc2[C@H]1COc1ccc(C)cc1)C(=O)c1ccccc1F. The third kappa shape index (κ3) is 6.12. The van der Waals surface area contributed by atoms with Crippen LogP contribution in [0, 0.1) is 12.7 Å². The average Bonchev–Trinajstić information content (AvgIpc) is 3.37.